The highest BCUT2D eigenvalue weighted by atomic mass is 14.9. The predicted octanol–water partition coefficient (Wildman–Crippen LogP) is 1.71. The third kappa shape index (κ3) is 2.12. The molecule has 3 rings (SSSR count). The van der Waals surface area contributed by atoms with Gasteiger partial charge < -0.3 is 5.73 Å². The highest BCUT2D eigenvalue weighted by Crippen LogP contribution is 2.32. The van der Waals surface area contributed by atoms with E-state index in [9.17, 15) is 0 Å². The zero-order chi connectivity index (χ0) is 10.7. The fourth-order valence-corrected chi connectivity index (χ4v) is 1.14. The van der Waals surface area contributed by atoms with Crippen molar-refractivity contribution in [3.05, 3.63) is 42.4 Å². The van der Waals surface area contributed by atoms with Gasteiger partial charge in [-0.25, -0.2) is 9.97 Å². The second kappa shape index (κ2) is 3.81. The molecule has 0 unspecified atom stereocenters. The molecule has 15 heavy (non-hydrogen) atoms. The second-order valence-corrected chi connectivity index (χ2v) is 3.02. The number of nitrogens with two attached hydrogens (primary N) is 1. The fourth-order valence-electron chi connectivity index (χ4n) is 1.14. The van der Waals surface area contributed by atoms with Crippen LogP contribution in [0, 0.1) is 12.3 Å². The maximum absolute atomic E-state index is 5.31. The summed E-state index contributed by atoms with van der Waals surface area (Å²) < 4.78 is 0. The van der Waals surface area contributed by atoms with Crippen molar-refractivity contribution >= 4 is 5.82 Å². The van der Waals surface area contributed by atoms with E-state index in [1.807, 2.05) is 0 Å². The van der Waals surface area contributed by atoms with E-state index >= 15 is 0 Å². The van der Waals surface area contributed by atoms with Crippen LogP contribution in [0.1, 0.15) is 5.69 Å². The van der Waals surface area contributed by atoms with E-state index in [2.05, 4.69) is 40.2 Å². The van der Waals surface area contributed by atoms with Crippen LogP contribution in [0.25, 0.3) is 11.1 Å². The van der Waals surface area contributed by atoms with Crippen LogP contribution in [0.2, 0.25) is 0 Å². The van der Waals surface area contributed by atoms with Crippen LogP contribution in [-0.4, -0.2) is 9.97 Å². The first-order chi connectivity index (χ1) is 7.31. The number of aromatic nitrogens is 2. The van der Waals surface area contributed by atoms with Crippen LogP contribution in [0.15, 0.2) is 36.7 Å². The Balaban J connectivity index is 0.000000121. The third-order valence-corrected chi connectivity index (χ3v) is 1.98. The Kier molecular flexibility index (Phi) is 2.34. The Morgan fingerprint density at radius 3 is 2.13 bits per heavy atom. The molecule has 1 aromatic rings. The molecule has 0 bridgehead atoms. The summed E-state index contributed by atoms with van der Waals surface area (Å²) in [6.07, 6.45) is 8.02. The number of nitrogens with zero attached hydrogens (tertiary/aromatic N) is 2. The average molecular weight is 195 g/mol. The summed E-state index contributed by atoms with van der Waals surface area (Å²) in [5.74, 6) is 2.60. The summed E-state index contributed by atoms with van der Waals surface area (Å²) in [6.45, 7) is 0. The molecule has 0 saturated heterocycles. The topological polar surface area (TPSA) is 51.8 Å². The maximum atomic E-state index is 5.31. The molecule has 3 nitrogen and oxygen atoms in total. The quantitative estimate of drug-likeness (QED) is 0.555. The van der Waals surface area contributed by atoms with E-state index in [1.165, 1.54) is 23.5 Å². The Hall–Kier alpha value is -2.34. The number of hydrogen-bond donors (Lipinski definition) is 1. The summed E-state index contributed by atoms with van der Waals surface area (Å²) in [6, 6.07) is 8.48. The van der Waals surface area contributed by atoms with Crippen LogP contribution in [0.4, 0.5) is 5.82 Å². The van der Waals surface area contributed by atoms with E-state index in [0.717, 1.165) is 0 Å². The number of terminal acetylenes is 1. The van der Waals surface area contributed by atoms with Gasteiger partial charge in [-0.15, -0.1) is 6.42 Å². The fraction of sp³-hybridized carbons (Fsp3) is 0. The van der Waals surface area contributed by atoms with Crippen LogP contribution in [-0.2, 0) is 0 Å². The lowest BCUT2D eigenvalue weighted by atomic mass is 10.4. The van der Waals surface area contributed by atoms with Gasteiger partial charge in [-0.05, 0) is 23.1 Å². The van der Waals surface area contributed by atoms with E-state index < -0.39 is 0 Å². The molecule has 3 heteroatoms. The highest BCUT2D eigenvalue weighted by molar-refractivity contribution is 5.80. The molecule has 0 aromatic carbocycles. The van der Waals surface area contributed by atoms with Gasteiger partial charge in [-0.1, -0.05) is 18.2 Å². The minimum atomic E-state index is 0.306. The van der Waals surface area contributed by atoms with Gasteiger partial charge in [0.15, 0.2) is 11.5 Å². The van der Waals surface area contributed by atoms with Crippen molar-refractivity contribution in [2.24, 2.45) is 0 Å². The van der Waals surface area contributed by atoms with Gasteiger partial charge in [-0.2, -0.15) is 0 Å². The summed E-state index contributed by atoms with van der Waals surface area (Å²) >= 11 is 0. The molecular formula is C12H9N3. The van der Waals surface area contributed by atoms with Crippen molar-refractivity contribution in [2.45, 2.75) is 0 Å². The molecule has 0 spiro atoms. The van der Waals surface area contributed by atoms with E-state index in [1.54, 1.807) is 0 Å². The maximum Gasteiger partial charge on any atom is 0.158 e. The molecule has 2 aliphatic rings. The van der Waals surface area contributed by atoms with Gasteiger partial charge >= 0.3 is 0 Å². The Labute approximate surface area is 88.0 Å². The van der Waals surface area contributed by atoms with Gasteiger partial charge in [-0.3, -0.25) is 0 Å². The summed E-state index contributed by atoms with van der Waals surface area (Å²) in [4.78, 5) is 7.50. The summed E-state index contributed by atoms with van der Waals surface area (Å²) in [5.41, 5.74) is 8.57. The monoisotopic (exact) mass is 195 g/mol. The molecule has 1 heterocycles. The molecule has 2 aliphatic carbocycles. The van der Waals surface area contributed by atoms with Crippen molar-refractivity contribution < 1.29 is 0 Å². The van der Waals surface area contributed by atoms with Gasteiger partial charge in [0.05, 0.1) is 0 Å². The molecule has 0 saturated carbocycles. The van der Waals surface area contributed by atoms with Gasteiger partial charge in [0.1, 0.15) is 0 Å². The third-order valence-electron chi connectivity index (χ3n) is 1.98. The number of benzene rings is 1. The lowest BCUT2D eigenvalue weighted by molar-refractivity contribution is 1.19. The summed E-state index contributed by atoms with van der Waals surface area (Å²) in [7, 11) is 0. The standard InChI is InChI=1S/C6H5N3.C6H4/c1-2-5-6(7)9-4-3-8-5;1-2-5-4-6(5)3-1/h1,3-4H,(H2,7,9);1-4H. The number of anilines is 1. The molecule has 1 aromatic heterocycles. The largest absolute Gasteiger partial charge is 0.381 e. The minimum Gasteiger partial charge on any atom is -0.381 e. The van der Waals surface area contributed by atoms with Crippen LogP contribution in [0.3, 0.4) is 0 Å². The lowest BCUT2D eigenvalue weighted by Crippen LogP contribution is -1.95. The first kappa shape index (κ1) is 9.22. The number of nitrogen functional groups attached to an aromatic ring is 1. The van der Waals surface area contributed by atoms with Gasteiger partial charge in [0.2, 0.25) is 0 Å². The van der Waals surface area contributed by atoms with Crippen molar-refractivity contribution in [2.75, 3.05) is 5.73 Å². The molecule has 0 amide bonds. The van der Waals surface area contributed by atoms with Crippen molar-refractivity contribution in [1.29, 1.82) is 0 Å². The molecule has 72 valence electrons. The van der Waals surface area contributed by atoms with Crippen LogP contribution < -0.4 is 5.73 Å². The molecule has 0 atom stereocenters. The molecule has 0 fully saturated rings. The molecular weight excluding hydrogens is 186 g/mol. The minimum absolute atomic E-state index is 0.306. The normalized spacial score (nSPS) is 9.53. The first-order valence-corrected chi connectivity index (χ1v) is 4.45. The molecule has 0 aliphatic heterocycles. The first-order valence-electron chi connectivity index (χ1n) is 4.45. The zero-order valence-electron chi connectivity index (χ0n) is 8.01. The highest BCUT2D eigenvalue weighted by Gasteiger charge is 2.06. The van der Waals surface area contributed by atoms with E-state index in [0.29, 0.717) is 11.5 Å². The van der Waals surface area contributed by atoms with E-state index in [4.69, 9.17) is 12.2 Å². The number of rotatable bonds is 0. The predicted molar refractivity (Wildman–Crippen MR) is 59.8 cm³/mol. The van der Waals surface area contributed by atoms with E-state index in [-0.39, 0.29) is 0 Å². The lowest BCUT2D eigenvalue weighted by Gasteiger charge is -1.90. The van der Waals surface area contributed by atoms with Crippen LogP contribution in [0.5, 0.6) is 0 Å². The Bertz CT molecular complexity index is 509. The van der Waals surface area contributed by atoms with Crippen molar-refractivity contribution in [3.8, 4) is 23.5 Å². The van der Waals surface area contributed by atoms with Crippen molar-refractivity contribution in [3.63, 3.8) is 0 Å². The SMILES string of the molecule is C#Cc1nccnc1N.c1cc2cc-2c1. The van der Waals surface area contributed by atoms with Crippen LogP contribution >= 0.6 is 0 Å². The average Bonchev–Trinajstić information content (AvgIpc) is 2.87. The number of hydrogen-bond acceptors (Lipinski definition) is 3. The van der Waals surface area contributed by atoms with Gasteiger partial charge in [0, 0.05) is 12.4 Å². The Morgan fingerprint density at radius 2 is 1.80 bits per heavy atom. The molecule has 2 N–H and O–H groups in total. The summed E-state index contributed by atoms with van der Waals surface area (Å²) in [5, 5.41) is 0. The Morgan fingerprint density at radius 1 is 1.13 bits per heavy atom. The zero-order valence-corrected chi connectivity index (χ0v) is 8.01. The number of fused-ring (bicyclic) bond motifs is 1. The van der Waals surface area contributed by atoms with Crippen molar-refractivity contribution in [1.82, 2.24) is 9.97 Å². The molecule has 0 radical (unpaired) electrons. The second-order valence-electron chi connectivity index (χ2n) is 3.02. The van der Waals surface area contributed by atoms with Gasteiger partial charge in [0.25, 0.3) is 0 Å². The smallest absolute Gasteiger partial charge is 0.158 e.